The number of para-hydroxylation sites is 1. The quantitative estimate of drug-likeness (QED) is 0.225. The van der Waals surface area contributed by atoms with Crippen molar-refractivity contribution in [2.75, 3.05) is 32.9 Å². The summed E-state index contributed by atoms with van der Waals surface area (Å²) in [5.74, 6) is -1.87. The van der Waals surface area contributed by atoms with Gasteiger partial charge >= 0.3 is 12.1 Å². The van der Waals surface area contributed by atoms with Gasteiger partial charge < -0.3 is 29.0 Å². The number of carboxylic acids is 1. The molecule has 1 atom stereocenters. The second-order valence-electron chi connectivity index (χ2n) is 8.78. The van der Waals surface area contributed by atoms with Crippen LogP contribution in [0.25, 0.3) is 0 Å². The lowest BCUT2D eigenvalue weighted by Crippen LogP contribution is -2.37. The molecule has 0 fully saturated rings. The van der Waals surface area contributed by atoms with Crippen LogP contribution in [0.2, 0.25) is 0 Å². The second kappa shape index (κ2) is 16.0. The first kappa shape index (κ1) is 30.4. The zero-order chi connectivity index (χ0) is 28.7. The first-order valence-electron chi connectivity index (χ1n) is 13.0. The highest BCUT2D eigenvalue weighted by molar-refractivity contribution is 5.72. The van der Waals surface area contributed by atoms with Crippen molar-refractivity contribution in [2.45, 2.75) is 32.3 Å². The lowest BCUT2D eigenvalue weighted by atomic mass is 10.1. The van der Waals surface area contributed by atoms with Gasteiger partial charge in [-0.3, -0.25) is 0 Å². The van der Waals surface area contributed by atoms with Crippen molar-refractivity contribution in [2.24, 2.45) is 0 Å². The van der Waals surface area contributed by atoms with E-state index in [1.807, 2.05) is 30.3 Å². The van der Waals surface area contributed by atoms with Crippen LogP contribution in [0, 0.1) is 11.6 Å². The average Bonchev–Trinajstić information content (AvgIpc) is 2.94. The van der Waals surface area contributed by atoms with E-state index < -0.39 is 29.8 Å². The molecular formula is C30H33F2NO7. The Morgan fingerprint density at radius 2 is 1.57 bits per heavy atom. The number of carboxylic acid groups (broad SMARTS) is 1. The molecule has 0 heterocycles. The maximum atomic E-state index is 14.0. The van der Waals surface area contributed by atoms with Crippen LogP contribution >= 0.6 is 0 Å². The molecule has 1 N–H and O–H groups in total. The third-order valence-electron chi connectivity index (χ3n) is 5.80. The minimum atomic E-state index is -1.03. The van der Waals surface area contributed by atoms with Crippen molar-refractivity contribution in [1.29, 1.82) is 0 Å². The fraction of sp³-hybridized carbons (Fsp3) is 0.333. The third kappa shape index (κ3) is 10.2. The Hall–Kier alpha value is -4.18. The number of hydrogen-bond donors (Lipinski definition) is 1. The van der Waals surface area contributed by atoms with E-state index in [4.69, 9.17) is 18.9 Å². The predicted octanol–water partition coefficient (Wildman–Crippen LogP) is 5.74. The van der Waals surface area contributed by atoms with Gasteiger partial charge in [0.25, 0.3) is 0 Å². The average molecular weight is 558 g/mol. The molecule has 40 heavy (non-hydrogen) atoms. The van der Waals surface area contributed by atoms with Gasteiger partial charge in [-0.2, -0.15) is 0 Å². The molecule has 10 heteroatoms. The molecule has 0 radical (unpaired) electrons. The van der Waals surface area contributed by atoms with Crippen LogP contribution in [0.4, 0.5) is 13.6 Å². The van der Waals surface area contributed by atoms with Gasteiger partial charge in [0.1, 0.15) is 23.9 Å². The van der Waals surface area contributed by atoms with Gasteiger partial charge in [0, 0.05) is 25.6 Å². The Balaban J connectivity index is 1.53. The molecule has 0 spiro atoms. The van der Waals surface area contributed by atoms with E-state index >= 15 is 0 Å². The zero-order valence-corrected chi connectivity index (χ0v) is 22.3. The van der Waals surface area contributed by atoms with Crippen LogP contribution in [0.5, 0.6) is 17.2 Å². The number of halogens is 2. The van der Waals surface area contributed by atoms with Crippen molar-refractivity contribution >= 4 is 12.1 Å². The molecule has 0 saturated carbocycles. The summed E-state index contributed by atoms with van der Waals surface area (Å²) in [5.41, 5.74) is 0.775. The number of unbranched alkanes of at least 4 members (excludes halogenated alkanes) is 1. The molecule has 3 rings (SSSR count). The highest BCUT2D eigenvalue weighted by atomic mass is 19.1. The topological polar surface area (TPSA) is 94.5 Å². The van der Waals surface area contributed by atoms with E-state index in [2.05, 4.69) is 0 Å². The lowest BCUT2D eigenvalue weighted by molar-refractivity contribution is -0.149. The van der Waals surface area contributed by atoms with Crippen LogP contribution in [0.3, 0.4) is 0 Å². The SMILES string of the molecule is CCOC(Cc1ccc(OCCN(CCCCOc2ccccc2)C(=O)Oc2ccc(F)cc2F)cc1)C(=O)O. The molecule has 0 saturated heterocycles. The molecule has 1 amide bonds. The number of rotatable bonds is 16. The number of aliphatic carboxylic acids is 1. The van der Waals surface area contributed by atoms with Gasteiger partial charge in [0.05, 0.1) is 13.2 Å². The smallest absolute Gasteiger partial charge is 0.415 e. The van der Waals surface area contributed by atoms with Crippen LogP contribution < -0.4 is 14.2 Å². The Labute approximate surface area is 232 Å². The standard InChI is InChI=1S/C30H33F2NO7/c1-2-37-28(29(34)35)20-22-10-13-25(14-11-22)39-19-17-33(16-6-7-18-38-24-8-4-3-5-9-24)30(36)40-27-15-12-23(31)21-26(27)32/h3-5,8-15,21,28H,2,6-7,16-20H2,1H3,(H,34,35). The number of carbonyl (C=O) groups is 2. The van der Waals surface area contributed by atoms with Crippen molar-refractivity contribution in [3.8, 4) is 17.2 Å². The summed E-state index contributed by atoms with van der Waals surface area (Å²) in [7, 11) is 0. The maximum Gasteiger partial charge on any atom is 0.415 e. The third-order valence-corrected chi connectivity index (χ3v) is 5.80. The predicted molar refractivity (Wildman–Crippen MR) is 144 cm³/mol. The first-order chi connectivity index (χ1) is 19.4. The molecule has 214 valence electrons. The first-order valence-corrected chi connectivity index (χ1v) is 13.0. The molecule has 1 unspecified atom stereocenters. The molecule has 3 aromatic carbocycles. The number of hydrogen-bond acceptors (Lipinski definition) is 6. The van der Waals surface area contributed by atoms with Gasteiger partial charge in [-0.1, -0.05) is 30.3 Å². The largest absolute Gasteiger partial charge is 0.494 e. The van der Waals surface area contributed by atoms with E-state index in [1.165, 1.54) is 4.90 Å². The summed E-state index contributed by atoms with van der Waals surface area (Å²) in [6.07, 6.45) is -0.251. The molecule has 0 aliphatic carbocycles. The second-order valence-corrected chi connectivity index (χ2v) is 8.78. The van der Waals surface area contributed by atoms with E-state index in [0.717, 1.165) is 23.4 Å². The number of ether oxygens (including phenoxy) is 4. The minimum absolute atomic E-state index is 0.123. The summed E-state index contributed by atoms with van der Waals surface area (Å²) in [5, 5.41) is 9.26. The van der Waals surface area contributed by atoms with Crippen molar-refractivity contribution in [1.82, 2.24) is 4.90 Å². The monoisotopic (exact) mass is 557 g/mol. The summed E-state index contributed by atoms with van der Waals surface area (Å²) in [6, 6.07) is 19.0. The summed E-state index contributed by atoms with van der Waals surface area (Å²) in [6.45, 7) is 3.06. The Morgan fingerprint density at radius 1 is 0.875 bits per heavy atom. The molecule has 0 bridgehead atoms. The molecule has 0 aliphatic heterocycles. The normalized spacial score (nSPS) is 11.5. The molecular weight excluding hydrogens is 524 g/mol. The Morgan fingerprint density at radius 3 is 2.25 bits per heavy atom. The summed E-state index contributed by atoms with van der Waals surface area (Å²) < 4.78 is 49.2. The van der Waals surface area contributed by atoms with E-state index in [1.54, 1.807) is 31.2 Å². The summed E-state index contributed by atoms with van der Waals surface area (Å²) in [4.78, 5) is 25.5. The number of nitrogens with zero attached hydrogens (tertiary/aromatic N) is 1. The van der Waals surface area contributed by atoms with Crippen molar-refractivity contribution in [3.05, 3.63) is 90.0 Å². The Kier molecular flexibility index (Phi) is 12.2. The minimum Gasteiger partial charge on any atom is -0.494 e. The zero-order valence-electron chi connectivity index (χ0n) is 22.3. The highest BCUT2D eigenvalue weighted by Gasteiger charge is 2.19. The van der Waals surface area contributed by atoms with Gasteiger partial charge in [0.15, 0.2) is 17.7 Å². The molecule has 0 aromatic heterocycles. The molecule has 8 nitrogen and oxygen atoms in total. The van der Waals surface area contributed by atoms with Crippen LogP contribution in [-0.4, -0.2) is 61.1 Å². The molecule has 3 aromatic rings. The van der Waals surface area contributed by atoms with E-state index in [0.29, 0.717) is 44.4 Å². The Bertz CT molecular complexity index is 1210. The number of carbonyl (C=O) groups excluding carboxylic acids is 1. The van der Waals surface area contributed by atoms with Gasteiger partial charge in [-0.25, -0.2) is 18.4 Å². The van der Waals surface area contributed by atoms with Crippen LogP contribution in [-0.2, 0) is 16.0 Å². The maximum absolute atomic E-state index is 14.0. The lowest BCUT2D eigenvalue weighted by Gasteiger charge is -2.22. The van der Waals surface area contributed by atoms with Crippen LogP contribution in [0.15, 0.2) is 72.8 Å². The fourth-order valence-electron chi connectivity index (χ4n) is 3.75. The van der Waals surface area contributed by atoms with Crippen molar-refractivity contribution < 1.29 is 42.4 Å². The summed E-state index contributed by atoms with van der Waals surface area (Å²) >= 11 is 0. The highest BCUT2D eigenvalue weighted by Crippen LogP contribution is 2.19. The number of amides is 1. The fourth-order valence-corrected chi connectivity index (χ4v) is 3.75. The van der Waals surface area contributed by atoms with E-state index in [9.17, 15) is 23.5 Å². The van der Waals surface area contributed by atoms with Gasteiger partial charge in [-0.05, 0) is 61.7 Å². The van der Waals surface area contributed by atoms with Crippen molar-refractivity contribution in [3.63, 3.8) is 0 Å². The molecule has 0 aliphatic rings. The van der Waals surface area contributed by atoms with Gasteiger partial charge in [0.2, 0.25) is 0 Å². The van der Waals surface area contributed by atoms with Crippen LogP contribution in [0.1, 0.15) is 25.3 Å². The van der Waals surface area contributed by atoms with E-state index in [-0.39, 0.29) is 25.3 Å². The number of benzene rings is 3. The van der Waals surface area contributed by atoms with Gasteiger partial charge in [-0.15, -0.1) is 0 Å².